The zero-order chi connectivity index (χ0) is 20.6. The van der Waals surface area contributed by atoms with Crippen LogP contribution in [0.2, 0.25) is 0 Å². The SMILES string of the molecule is C[C@H](N)C(=O)N[C@@H](CCCCNC(=O)c1ccc(C(C)(C)C)cc1)C(N)=O.S.S. The molecule has 7 nitrogen and oxygen atoms in total. The fourth-order valence-electron chi connectivity index (χ4n) is 2.49. The van der Waals surface area contributed by atoms with Crippen LogP contribution in [-0.2, 0) is 15.0 Å². The van der Waals surface area contributed by atoms with Crippen molar-refractivity contribution in [1.29, 1.82) is 0 Å². The van der Waals surface area contributed by atoms with Crippen molar-refractivity contribution < 1.29 is 14.4 Å². The number of benzene rings is 1. The van der Waals surface area contributed by atoms with E-state index in [4.69, 9.17) is 11.5 Å². The molecule has 2 atom stereocenters. The monoisotopic (exact) mass is 444 g/mol. The van der Waals surface area contributed by atoms with Crippen LogP contribution in [0.4, 0.5) is 0 Å². The number of rotatable bonds is 9. The van der Waals surface area contributed by atoms with Crippen LogP contribution in [0, 0.1) is 0 Å². The minimum Gasteiger partial charge on any atom is -0.368 e. The van der Waals surface area contributed by atoms with Crippen LogP contribution >= 0.6 is 27.0 Å². The zero-order valence-electron chi connectivity index (χ0n) is 17.7. The number of amides is 3. The molecule has 0 bridgehead atoms. The number of nitrogens with one attached hydrogen (secondary N) is 2. The van der Waals surface area contributed by atoms with Gasteiger partial charge in [-0.25, -0.2) is 0 Å². The zero-order valence-corrected chi connectivity index (χ0v) is 19.7. The van der Waals surface area contributed by atoms with Crippen molar-refractivity contribution in [2.24, 2.45) is 11.5 Å². The van der Waals surface area contributed by atoms with Crippen LogP contribution < -0.4 is 22.1 Å². The van der Waals surface area contributed by atoms with E-state index in [-0.39, 0.29) is 38.3 Å². The molecule has 0 saturated carbocycles. The van der Waals surface area contributed by atoms with E-state index in [1.54, 1.807) is 0 Å². The summed E-state index contributed by atoms with van der Waals surface area (Å²) < 4.78 is 0. The smallest absolute Gasteiger partial charge is 0.251 e. The summed E-state index contributed by atoms with van der Waals surface area (Å²) in [5, 5.41) is 5.39. The molecule has 0 aliphatic carbocycles. The Morgan fingerprint density at radius 3 is 2.03 bits per heavy atom. The van der Waals surface area contributed by atoms with E-state index in [2.05, 4.69) is 31.4 Å². The van der Waals surface area contributed by atoms with Crippen molar-refractivity contribution in [3.63, 3.8) is 0 Å². The minimum atomic E-state index is -0.746. The third-order valence-corrected chi connectivity index (χ3v) is 4.29. The summed E-state index contributed by atoms with van der Waals surface area (Å²) in [6, 6.07) is 6.13. The molecule has 0 unspecified atom stereocenters. The topological polar surface area (TPSA) is 127 Å². The first-order valence-corrected chi connectivity index (χ1v) is 9.26. The van der Waals surface area contributed by atoms with Gasteiger partial charge in [-0.15, -0.1) is 0 Å². The minimum absolute atomic E-state index is 0. The molecule has 29 heavy (non-hydrogen) atoms. The second-order valence-corrected chi connectivity index (χ2v) is 7.83. The van der Waals surface area contributed by atoms with Gasteiger partial charge in [0.25, 0.3) is 5.91 Å². The summed E-state index contributed by atoms with van der Waals surface area (Å²) in [6.07, 6.45) is 1.71. The van der Waals surface area contributed by atoms with Gasteiger partial charge in [-0.05, 0) is 49.3 Å². The molecule has 0 saturated heterocycles. The van der Waals surface area contributed by atoms with Gasteiger partial charge in [0.1, 0.15) is 6.04 Å². The first-order chi connectivity index (χ1) is 12.5. The summed E-state index contributed by atoms with van der Waals surface area (Å²) in [6.45, 7) is 8.39. The molecule has 1 aromatic carbocycles. The molecule has 0 aliphatic heterocycles. The Hall–Kier alpha value is -1.71. The van der Waals surface area contributed by atoms with Crippen LogP contribution in [0.5, 0.6) is 0 Å². The normalized spacial score (nSPS) is 12.6. The first-order valence-electron chi connectivity index (χ1n) is 9.26. The van der Waals surface area contributed by atoms with Crippen molar-refractivity contribution in [2.75, 3.05) is 6.54 Å². The maximum absolute atomic E-state index is 12.2. The summed E-state index contributed by atoms with van der Waals surface area (Å²) in [7, 11) is 0. The summed E-state index contributed by atoms with van der Waals surface area (Å²) in [5.74, 6) is -1.13. The number of unbranched alkanes of at least 4 members (excludes halogenated alkanes) is 1. The van der Waals surface area contributed by atoms with Crippen molar-refractivity contribution >= 4 is 44.7 Å². The second-order valence-electron chi connectivity index (χ2n) is 7.83. The Morgan fingerprint density at radius 1 is 1.03 bits per heavy atom. The van der Waals surface area contributed by atoms with Gasteiger partial charge in [0.15, 0.2) is 0 Å². The summed E-state index contributed by atoms with van der Waals surface area (Å²) in [4.78, 5) is 35.2. The van der Waals surface area contributed by atoms with Gasteiger partial charge < -0.3 is 22.1 Å². The molecular formula is C20H36N4O3S2. The van der Waals surface area contributed by atoms with Crippen molar-refractivity contribution in [1.82, 2.24) is 10.6 Å². The van der Waals surface area contributed by atoms with E-state index < -0.39 is 23.9 Å². The van der Waals surface area contributed by atoms with Crippen LogP contribution in [0.1, 0.15) is 62.9 Å². The molecule has 0 heterocycles. The van der Waals surface area contributed by atoms with E-state index in [0.717, 1.165) is 0 Å². The molecule has 6 N–H and O–H groups in total. The van der Waals surface area contributed by atoms with Gasteiger partial charge in [0.05, 0.1) is 6.04 Å². The Labute approximate surface area is 187 Å². The van der Waals surface area contributed by atoms with Gasteiger partial charge in [0.2, 0.25) is 11.8 Å². The number of primary amides is 1. The molecule has 0 aliphatic rings. The number of hydrogen-bond acceptors (Lipinski definition) is 4. The fourth-order valence-corrected chi connectivity index (χ4v) is 2.49. The van der Waals surface area contributed by atoms with Gasteiger partial charge >= 0.3 is 0 Å². The summed E-state index contributed by atoms with van der Waals surface area (Å²) in [5.41, 5.74) is 12.6. The fraction of sp³-hybridized carbons (Fsp3) is 0.550. The van der Waals surface area contributed by atoms with Crippen LogP contribution in [-0.4, -0.2) is 36.3 Å². The third kappa shape index (κ3) is 10.6. The van der Waals surface area contributed by atoms with Gasteiger partial charge in [0, 0.05) is 12.1 Å². The molecule has 1 aromatic rings. The lowest BCUT2D eigenvalue weighted by atomic mass is 9.87. The van der Waals surface area contributed by atoms with E-state index in [9.17, 15) is 14.4 Å². The number of carbonyl (C=O) groups is 3. The highest BCUT2D eigenvalue weighted by atomic mass is 32.1. The quantitative estimate of drug-likeness (QED) is 0.430. The molecule has 0 aromatic heterocycles. The average molecular weight is 445 g/mol. The largest absolute Gasteiger partial charge is 0.368 e. The molecule has 9 heteroatoms. The molecule has 166 valence electrons. The molecule has 3 amide bonds. The first kappa shape index (κ1) is 29.5. The molecule has 1 rings (SSSR count). The lowest BCUT2D eigenvalue weighted by Gasteiger charge is -2.19. The van der Waals surface area contributed by atoms with Gasteiger partial charge in [-0.2, -0.15) is 27.0 Å². The number of nitrogens with two attached hydrogens (primary N) is 2. The Morgan fingerprint density at radius 2 is 1.59 bits per heavy atom. The predicted octanol–water partition coefficient (Wildman–Crippen LogP) is 1.43. The Bertz CT molecular complexity index is 659. The molecule has 0 radical (unpaired) electrons. The number of carbonyl (C=O) groups excluding carboxylic acids is 3. The van der Waals surface area contributed by atoms with E-state index >= 15 is 0 Å². The van der Waals surface area contributed by atoms with Crippen LogP contribution in [0.15, 0.2) is 24.3 Å². The van der Waals surface area contributed by atoms with Gasteiger partial charge in [-0.1, -0.05) is 32.9 Å². The molecular weight excluding hydrogens is 408 g/mol. The van der Waals surface area contributed by atoms with Gasteiger partial charge in [-0.3, -0.25) is 14.4 Å². The Balaban J connectivity index is 0. The maximum Gasteiger partial charge on any atom is 0.251 e. The van der Waals surface area contributed by atoms with Crippen molar-refractivity contribution in [3.05, 3.63) is 35.4 Å². The average Bonchev–Trinajstić information content (AvgIpc) is 2.59. The van der Waals surface area contributed by atoms with Crippen molar-refractivity contribution in [3.8, 4) is 0 Å². The third-order valence-electron chi connectivity index (χ3n) is 4.29. The predicted molar refractivity (Wildman–Crippen MR) is 127 cm³/mol. The van der Waals surface area contributed by atoms with E-state index in [1.165, 1.54) is 12.5 Å². The second kappa shape index (κ2) is 13.5. The van der Waals surface area contributed by atoms with Crippen LogP contribution in [0.25, 0.3) is 0 Å². The lowest BCUT2D eigenvalue weighted by Crippen LogP contribution is -2.49. The highest BCUT2D eigenvalue weighted by Crippen LogP contribution is 2.22. The maximum atomic E-state index is 12.2. The molecule has 0 fully saturated rings. The highest BCUT2D eigenvalue weighted by Gasteiger charge is 2.19. The highest BCUT2D eigenvalue weighted by molar-refractivity contribution is 7.59. The standard InChI is InChI=1S/C20H32N4O3.2H2S/c1-13(21)18(26)24-16(17(22)25)7-5-6-12-23-19(27)14-8-10-15(11-9-14)20(2,3)4;;/h8-11,13,16H,5-7,12,21H2,1-4H3,(H2,22,25)(H,23,27)(H,24,26);2*1H2/t13-,16-;;/m0../s1. The Kier molecular flexibility index (Phi) is 13.7. The summed E-state index contributed by atoms with van der Waals surface area (Å²) >= 11 is 0. The van der Waals surface area contributed by atoms with E-state index in [0.29, 0.717) is 31.4 Å². The van der Waals surface area contributed by atoms with Crippen molar-refractivity contribution in [2.45, 2.75) is 64.5 Å². The molecule has 0 spiro atoms. The lowest BCUT2D eigenvalue weighted by molar-refractivity contribution is -0.128. The van der Waals surface area contributed by atoms with E-state index in [1.807, 2.05) is 24.3 Å². The number of hydrogen-bond donors (Lipinski definition) is 4. The van der Waals surface area contributed by atoms with Crippen LogP contribution in [0.3, 0.4) is 0 Å².